The molecule has 1 atom stereocenters. The fourth-order valence-electron chi connectivity index (χ4n) is 4.30. The van der Waals surface area contributed by atoms with Gasteiger partial charge in [-0.15, -0.1) is 0 Å². The van der Waals surface area contributed by atoms with E-state index in [1.807, 2.05) is 43.3 Å². The quantitative estimate of drug-likeness (QED) is 0.376. The zero-order valence-corrected chi connectivity index (χ0v) is 20.4. The first kappa shape index (κ1) is 25.2. The van der Waals surface area contributed by atoms with Crippen LogP contribution in [0.15, 0.2) is 66.7 Å². The lowest BCUT2D eigenvalue weighted by molar-refractivity contribution is 0.0940. The van der Waals surface area contributed by atoms with E-state index in [1.165, 1.54) is 0 Å². The zero-order chi connectivity index (χ0) is 25.7. The Morgan fingerprint density at radius 3 is 2.36 bits per heavy atom. The average molecular weight is 493 g/mol. The molecule has 6 nitrogen and oxygen atoms in total. The summed E-state index contributed by atoms with van der Waals surface area (Å²) in [7, 11) is 0. The number of anilines is 3. The maximum Gasteiger partial charge on any atom is 0.323 e. The summed E-state index contributed by atoms with van der Waals surface area (Å²) < 4.78 is 27.1. The number of carbonyl (C=O) groups is 2. The summed E-state index contributed by atoms with van der Waals surface area (Å²) in [5, 5.41) is 8.06. The highest BCUT2D eigenvalue weighted by Gasteiger charge is 2.23. The molecular weight excluding hydrogens is 462 g/mol. The molecule has 3 N–H and O–H groups in total. The van der Waals surface area contributed by atoms with E-state index in [0.717, 1.165) is 49.3 Å². The normalized spacial score (nSPS) is 14.7. The van der Waals surface area contributed by atoms with Crippen LogP contribution in [-0.2, 0) is 0 Å². The minimum atomic E-state index is -0.880. The second kappa shape index (κ2) is 11.2. The van der Waals surface area contributed by atoms with E-state index in [1.54, 1.807) is 12.1 Å². The summed E-state index contributed by atoms with van der Waals surface area (Å²) in [5.74, 6) is -1.24. The Hall–Kier alpha value is -3.94. The van der Waals surface area contributed by atoms with Crippen molar-refractivity contribution in [3.8, 4) is 0 Å². The molecule has 188 valence electrons. The van der Waals surface area contributed by atoms with Gasteiger partial charge in [0.2, 0.25) is 0 Å². The van der Waals surface area contributed by atoms with E-state index in [2.05, 4.69) is 27.8 Å². The van der Waals surface area contributed by atoms with Gasteiger partial charge in [-0.25, -0.2) is 13.6 Å². The maximum absolute atomic E-state index is 13.9. The molecule has 3 aromatic carbocycles. The van der Waals surface area contributed by atoms with Crippen molar-refractivity contribution >= 4 is 29.0 Å². The summed E-state index contributed by atoms with van der Waals surface area (Å²) in [6.07, 6.45) is 2.07. The van der Waals surface area contributed by atoms with Crippen LogP contribution in [0.25, 0.3) is 0 Å². The number of benzene rings is 3. The lowest BCUT2D eigenvalue weighted by Crippen LogP contribution is -2.35. The van der Waals surface area contributed by atoms with Crippen molar-refractivity contribution in [3.63, 3.8) is 0 Å². The van der Waals surface area contributed by atoms with Gasteiger partial charge in [0.15, 0.2) is 0 Å². The highest BCUT2D eigenvalue weighted by Crippen LogP contribution is 2.29. The molecule has 0 aliphatic carbocycles. The van der Waals surface area contributed by atoms with Crippen LogP contribution in [0, 0.1) is 17.6 Å². The van der Waals surface area contributed by atoms with Crippen molar-refractivity contribution in [1.29, 1.82) is 0 Å². The molecule has 8 heteroatoms. The van der Waals surface area contributed by atoms with E-state index in [-0.39, 0.29) is 17.6 Å². The van der Waals surface area contributed by atoms with Crippen molar-refractivity contribution in [3.05, 3.63) is 89.5 Å². The number of carbonyl (C=O) groups excluding carboxylic acids is 2. The number of nitrogens with one attached hydrogen (secondary N) is 3. The molecule has 3 aromatic rings. The van der Waals surface area contributed by atoms with Crippen molar-refractivity contribution in [1.82, 2.24) is 5.32 Å². The lowest BCUT2D eigenvalue weighted by atomic mass is 9.97. The van der Waals surface area contributed by atoms with Gasteiger partial charge in [-0.1, -0.05) is 37.3 Å². The van der Waals surface area contributed by atoms with Gasteiger partial charge in [-0.3, -0.25) is 4.79 Å². The van der Waals surface area contributed by atoms with Crippen LogP contribution in [0.4, 0.5) is 30.6 Å². The van der Waals surface area contributed by atoms with Crippen LogP contribution in [0.3, 0.4) is 0 Å². The summed E-state index contributed by atoms with van der Waals surface area (Å²) in [6, 6.07) is 16.8. The molecule has 3 amide bonds. The highest BCUT2D eigenvalue weighted by molar-refractivity contribution is 6.04. The molecule has 1 saturated heterocycles. The standard InChI is InChI=1S/C28H30F2N4O2/c1-18-12-14-34(15-13-18)26-11-9-22(32-28(36)33-25-10-8-21(29)16-24(25)30)17-23(26)27(35)31-19(2)20-6-4-3-5-7-20/h3-11,16-19H,12-15H2,1-2H3,(H,31,35)(H2,32,33,36). The molecule has 0 spiro atoms. The van der Waals surface area contributed by atoms with Gasteiger partial charge in [0.1, 0.15) is 11.6 Å². The molecular formula is C28H30F2N4O2. The molecule has 0 saturated carbocycles. The minimum Gasteiger partial charge on any atom is -0.371 e. The Morgan fingerprint density at radius 2 is 1.67 bits per heavy atom. The van der Waals surface area contributed by atoms with Crippen LogP contribution in [0.1, 0.15) is 48.7 Å². The molecule has 1 unspecified atom stereocenters. The Labute approximate surface area is 209 Å². The predicted octanol–water partition coefficient (Wildman–Crippen LogP) is 6.34. The third-order valence-electron chi connectivity index (χ3n) is 6.45. The summed E-state index contributed by atoms with van der Waals surface area (Å²) in [4.78, 5) is 28.1. The summed E-state index contributed by atoms with van der Waals surface area (Å²) in [5.41, 5.74) is 2.45. The van der Waals surface area contributed by atoms with Crippen LogP contribution in [-0.4, -0.2) is 25.0 Å². The minimum absolute atomic E-state index is 0.150. The van der Waals surface area contributed by atoms with E-state index in [0.29, 0.717) is 23.2 Å². The van der Waals surface area contributed by atoms with E-state index in [4.69, 9.17) is 0 Å². The third kappa shape index (κ3) is 6.19. The van der Waals surface area contributed by atoms with E-state index in [9.17, 15) is 18.4 Å². The maximum atomic E-state index is 13.9. The first-order chi connectivity index (χ1) is 17.3. The molecule has 1 fully saturated rings. The summed E-state index contributed by atoms with van der Waals surface area (Å²) in [6.45, 7) is 5.82. The fraction of sp³-hybridized carbons (Fsp3) is 0.286. The molecule has 0 radical (unpaired) electrons. The Balaban J connectivity index is 1.55. The van der Waals surface area contributed by atoms with Crippen molar-refractivity contribution in [2.75, 3.05) is 28.6 Å². The largest absolute Gasteiger partial charge is 0.371 e. The number of amides is 3. The smallest absolute Gasteiger partial charge is 0.323 e. The number of rotatable bonds is 6. The van der Waals surface area contributed by atoms with Gasteiger partial charge in [0.05, 0.1) is 17.3 Å². The predicted molar refractivity (Wildman–Crippen MR) is 138 cm³/mol. The number of nitrogens with zero attached hydrogens (tertiary/aromatic N) is 1. The van der Waals surface area contributed by atoms with E-state index >= 15 is 0 Å². The van der Waals surface area contributed by atoms with Crippen molar-refractivity contribution in [2.24, 2.45) is 5.92 Å². The number of hydrogen-bond acceptors (Lipinski definition) is 3. The second-order valence-corrected chi connectivity index (χ2v) is 9.21. The van der Waals surface area contributed by atoms with Gasteiger partial charge in [0.25, 0.3) is 5.91 Å². The van der Waals surface area contributed by atoms with Gasteiger partial charge >= 0.3 is 6.03 Å². The van der Waals surface area contributed by atoms with Crippen LogP contribution in [0.2, 0.25) is 0 Å². The van der Waals surface area contributed by atoms with Gasteiger partial charge in [0, 0.05) is 30.5 Å². The second-order valence-electron chi connectivity index (χ2n) is 9.21. The van der Waals surface area contributed by atoms with Gasteiger partial charge in [-0.2, -0.15) is 0 Å². The molecule has 0 aromatic heterocycles. The average Bonchev–Trinajstić information content (AvgIpc) is 2.87. The SMILES string of the molecule is CC1CCN(c2ccc(NC(=O)Nc3ccc(F)cc3F)cc2C(=O)NC(C)c2ccccc2)CC1. The van der Waals surface area contributed by atoms with Crippen LogP contribution >= 0.6 is 0 Å². The summed E-state index contributed by atoms with van der Waals surface area (Å²) >= 11 is 0. The topological polar surface area (TPSA) is 73.5 Å². The number of piperidine rings is 1. The van der Waals surface area contributed by atoms with Gasteiger partial charge < -0.3 is 20.9 Å². The zero-order valence-electron chi connectivity index (χ0n) is 20.4. The fourth-order valence-corrected chi connectivity index (χ4v) is 4.30. The van der Waals surface area contributed by atoms with Crippen molar-refractivity contribution in [2.45, 2.75) is 32.7 Å². The molecule has 1 aliphatic rings. The van der Waals surface area contributed by atoms with Crippen LogP contribution in [0.5, 0.6) is 0 Å². The Bertz CT molecular complexity index is 1230. The molecule has 1 aliphatic heterocycles. The number of hydrogen-bond donors (Lipinski definition) is 3. The third-order valence-corrected chi connectivity index (χ3v) is 6.45. The van der Waals surface area contributed by atoms with Gasteiger partial charge in [-0.05, 0) is 61.6 Å². The molecule has 36 heavy (non-hydrogen) atoms. The molecule has 0 bridgehead atoms. The number of halogens is 2. The van der Waals surface area contributed by atoms with E-state index < -0.39 is 17.7 Å². The first-order valence-electron chi connectivity index (χ1n) is 12.1. The molecule has 4 rings (SSSR count). The van der Waals surface area contributed by atoms with Crippen LogP contribution < -0.4 is 20.9 Å². The Kier molecular flexibility index (Phi) is 7.83. The van der Waals surface area contributed by atoms with Crippen molar-refractivity contribution < 1.29 is 18.4 Å². The monoisotopic (exact) mass is 492 g/mol. The first-order valence-corrected chi connectivity index (χ1v) is 12.1. The molecule has 1 heterocycles. The number of urea groups is 1. The Morgan fingerprint density at radius 1 is 0.944 bits per heavy atom. The highest BCUT2D eigenvalue weighted by atomic mass is 19.1. The lowest BCUT2D eigenvalue weighted by Gasteiger charge is -2.33.